The van der Waals surface area contributed by atoms with Crippen molar-refractivity contribution in [1.29, 1.82) is 0 Å². The molecule has 1 aromatic carbocycles. The summed E-state index contributed by atoms with van der Waals surface area (Å²) in [6.45, 7) is 1.86. The third-order valence-electron chi connectivity index (χ3n) is 2.50. The fraction of sp³-hybridized carbons (Fsp3) is 0.250. The highest BCUT2D eigenvalue weighted by molar-refractivity contribution is 5.92. The molecule has 0 saturated heterocycles. The van der Waals surface area contributed by atoms with Gasteiger partial charge in [-0.15, -0.1) is 0 Å². The van der Waals surface area contributed by atoms with Gasteiger partial charge < -0.3 is 4.74 Å². The minimum atomic E-state index is -0.347. The molecule has 0 radical (unpaired) electrons. The average molecular weight is 231 g/mol. The number of carbonyl (C=O) groups is 1. The molecular weight excluding hydrogens is 218 g/mol. The first kappa shape index (κ1) is 11.3. The number of methoxy groups -OCH3 is 1. The number of aromatic nitrogens is 3. The highest BCUT2D eigenvalue weighted by atomic mass is 16.5. The van der Waals surface area contributed by atoms with Crippen LogP contribution in [0, 0.1) is 6.92 Å². The van der Waals surface area contributed by atoms with Crippen LogP contribution in [0.25, 0.3) is 11.4 Å². The molecule has 0 fully saturated rings. The molecule has 17 heavy (non-hydrogen) atoms. The number of nitrogens with zero attached hydrogens (tertiary/aromatic N) is 3. The molecule has 0 atom stereocenters. The molecular formula is C12H13N3O2. The standard InChI is InChI=1S/C12H13N3O2/c1-8-4-5-9(6-10(8)12(16)17-3)11-13-7-15(2)14-11/h4-7H,1-3H3. The van der Waals surface area contributed by atoms with Crippen LogP contribution in [0.5, 0.6) is 0 Å². The van der Waals surface area contributed by atoms with Crippen molar-refractivity contribution in [3.8, 4) is 11.4 Å². The van der Waals surface area contributed by atoms with Crippen LogP contribution in [0.4, 0.5) is 0 Å². The highest BCUT2D eigenvalue weighted by Crippen LogP contribution is 2.19. The van der Waals surface area contributed by atoms with Gasteiger partial charge in [-0.05, 0) is 18.6 Å². The van der Waals surface area contributed by atoms with E-state index in [1.807, 2.05) is 19.1 Å². The molecule has 0 saturated carbocycles. The summed E-state index contributed by atoms with van der Waals surface area (Å²) in [5.74, 6) is 0.248. The summed E-state index contributed by atoms with van der Waals surface area (Å²) in [6.07, 6.45) is 1.62. The van der Waals surface area contributed by atoms with Gasteiger partial charge in [-0.1, -0.05) is 12.1 Å². The van der Waals surface area contributed by atoms with Gasteiger partial charge in [0.15, 0.2) is 5.82 Å². The number of aryl methyl sites for hydroxylation is 2. The lowest BCUT2D eigenvalue weighted by molar-refractivity contribution is 0.0600. The Balaban J connectivity index is 2.47. The van der Waals surface area contributed by atoms with Crippen LogP contribution in [0.2, 0.25) is 0 Å². The first-order chi connectivity index (χ1) is 8.11. The Bertz CT molecular complexity index is 561. The number of esters is 1. The van der Waals surface area contributed by atoms with Crippen molar-refractivity contribution in [3.63, 3.8) is 0 Å². The SMILES string of the molecule is COC(=O)c1cc(-c2ncn(C)n2)ccc1C. The predicted molar refractivity (Wildman–Crippen MR) is 62.5 cm³/mol. The Kier molecular flexibility index (Phi) is 2.91. The minimum Gasteiger partial charge on any atom is -0.465 e. The van der Waals surface area contributed by atoms with Gasteiger partial charge in [0.1, 0.15) is 6.33 Å². The van der Waals surface area contributed by atoms with Crippen LogP contribution in [0.3, 0.4) is 0 Å². The number of carbonyl (C=O) groups excluding carboxylic acids is 1. The van der Waals surface area contributed by atoms with E-state index >= 15 is 0 Å². The normalized spacial score (nSPS) is 10.3. The Morgan fingerprint density at radius 3 is 2.76 bits per heavy atom. The first-order valence-electron chi connectivity index (χ1n) is 5.17. The third-order valence-corrected chi connectivity index (χ3v) is 2.50. The second-order valence-electron chi connectivity index (χ2n) is 3.76. The Morgan fingerprint density at radius 2 is 2.18 bits per heavy atom. The van der Waals surface area contributed by atoms with E-state index in [-0.39, 0.29) is 5.97 Å². The summed E-state index contributed by atoms with van der Waals surface area (Å²) in [6, 6.07) is 5.49. The summed E-state index contributed by atoms with van der Waals surface area (Å²) in [7, 11) is 3.17. The van der Waals surface area contributed by atoms with Gasteiger partial charge in [0.05, 0.1) is 12.7 Å². The van der Waals surface area contributed by atoms with E-state index in [0.29, 0.717) is 11.4 Å². The molecule has 5 nitrogen and oxygen atoms in total. The van der Waals surface area contributed by atoms with E-state index in [1.165, 1.54) is 7.11 Å². The fourth-order valence-corrected chi connectivity index (χ4v) is 1.56. The molecule has 0 amide bonds. The zero-order valence-corrected chi connectivity index (χ0v) is 9.97. The smallest absolute Gasteiger partial charge is 0.338 e. The second kappa shape index (κ2) is 4.37. The molecule has 0 N–H and O–H groups in total. The molecule has 1 heterocycles. The number of hydrogen-bond acceptors (Lipinski definition) is 4. The summed E-state index contributed by atoms with van der Waals surface area (Å²) in [5.41, 5.74) is 2.21. The largest absolute Gasteiger partial charge is 0.465 e. The van der Waals surface area contributed by atoms with E-state index in [2.05, 4.69) is 10.1 Å². The van der Waals surface area contributed by atoms with E-state index in [4.69, 9.17) is 4.74 Å². The van der Waals surface area contributed by atoms with Crippen molar-refractivity contribution in [1.82, 2.24) is 14.8 Å². The summed E-state index contributed by atoms with van der Waals surface area (Å²) in [4.78, 5) is 15.7. The lowest BCUT2D eigenvalue weighted by atomic mass is 10.0. The maximum Gasteiger partial charge on any atom is 0.338 e. The van der Waals surface area contributed by atoms with Crippen LogP contribution in [0.15, 0.2) is 24.5 Å². The van der Waals surface area contributed by atoms with Crippen LogP contribution in [-0.4, -0.2) is 27.8 Å². The quantitative estimate of drug-likeness (QED) is 0.736. The van der Waals surface area contributed by atoms with Crippen LogP contribution < -0.4 is 0 Å². The Labute approximate surface area is 99.1 Å². The van der Waals surface area contributed by atoms with Gasteiger partial charge in [0, 0.05) is 12.6 Å². The van der Waals surface area contributed by atoms with Crippen LogP contribution >= 0.6 is 0 Å². The van der Waals surface area contributed by atoms with Gasteiger partial charge in [-0.3, -0.25) is 4.68 Å². The van der Waals surface area contributed by atoms with E-state index < -0.39 is 0 Å². The summed E-state index contributed by atoms with van der Waals surface area (Å²) >= 11 is 0. The van der Waals surface area contributed by atoms with Crippen molar-refractivity contribution < 1.29 is 9.53 Å². The van der Waals surface area contributed by atoms with Gasteiger partial charge in [-0.25, -0.2) is 9.78 Å². The summed E-state index contributed by atoms with van der Waals surface area (Å²) < 4.78 is 6.35. The van der Waals surface area contributed by atoms with Gasteiger partial charge in [0.2, 0.25) is 0 Å². The molecule has 0 unspecified atom stereocenters. The number of hydrogen-bond donors (Lipinski definition) is 0. The van der Waals surface area contributed by atoms with Gasteiger partial charge in [-0.2, -0.15) is 5.10 Å². The second-order valence-corrected chi connectivity index (χ2v) is 3.76. The molecule has 1 aromatic heterocycles. The van der Waals surface area contributed by atoms with Crippen LogP contribution in [0.1, 0.15) is 15.9 Å². The van der Waals surface area contributed by atoms with Crippen molar-refractivity contribution in [2.45, 2.75) is 6.92 Å². The summed E-state index contributed by atoms with van der Waals surface area (Å²) in [5, 5.41) is 4.19. The average Bonchev–Trinajstić information content (AvgIpc) is 2.75. The molecule has 0 bridgehead atoms. The zero-order chi connectivity index (χ0) is 12.4. The molecule has 0 aliphatic heterocycles. The van der Waals surface area contributed by atoms with Crippen LogP contribution in [-0.2, 0) is 11.8 Å². The van der Waals surface area contributed by atoms with Crippen molar-refractivity contribution in [3.05, 3.63) is 35.7 Å². The molecule has 0 aliphatic carbocycles. The number of rotatable bonds is 2. The lowest BCUT2D eigenvalue weighted by Gasteiger charge is -2.05. The lowest BCUT2D eigenvalue weighted by Crippen LogP contribution is -2.04. The minimum absolute atomic E-state index is 0.347. The van der Waals surface area contributed by atoms with Crippen molar-refractivity contribution >= 4 is 5.97 Å². The van der Waals surface area contributed by atoms with E-state index in [1.54, 1.807) is 24.1 Å². The van der Waals surface area contributed by atoms with E-state index in [9.17, 15) is 4.79 Å². The molecule has 0 spiro atoms. The fourth-order valence-electron chi connectivity index (χ4n) is 1.56. The molecule has 2 aromatic rings. The van der Waals surface area contributed by atoms with Crippen molar-refractivity contribution in [2.24, 2.45) is 7.05 Å². The molecule has 2 rings (SSSR count). The van der Waals surface area contributed by atoms with E-state index in [0.717, 1.165) is 11.1 Å². The predicted octanol–water partition coefficient (Wildman–Crippen LogP) is 1.58. The molecule has 5 heteroatoms. The Morgan fingerprint density at radius 1 is 1.41 bits per heavy atom. The first-order valence-corrected chi connectivity index (χ1v) is 5.17. The number of benzene rings is 1. The molecule has 0 aliphatic rings. The molecule has 88 valence electrons. The maximum absolute atomic E-state index is 11.6. The monoisotopic (exact) mass is 231 g/mol. The van der Waals surface area contributed by atoms with Gasteiger partial charge >= 0.3 is 5.97 Å². The van der Waals surface area contributed by atoms with Crippen molar-refractivity contribution in [2.75, 3.05) is 7.11 Å². The Hall–Kier alpha value is -2.17. The number of ether oxygens (including phenoxy) is 1. The maximum atomic E-state index is 11.6. The zero-order valence-electron chi connectivity index (χ0n) is 9.97. The highest BCUT2D eigenvalue weighted by Gasteiger charge is 2.12. The third kappa shape index (κ3) is 2.18. The topological polar surface area (TPSA) is 57.0 Å². The van der Waals surface area contributed by atoms with Gasteiger partial charge in [0.25, 0.3) is 0 Å².